The lowest BCUT2D eigenvalue weighted by Crippen LogP contribution is -2.58. The predicted octanol–water partition coefficient (Wildman–Crippen LogP) is 0.607. The summed E-state index contributed by atoms with van der Waals surface area (Å²) in [5.74, 6) is 0.595. The van der Waals surface area contributed by atoms with Crippen molar-refractivity contribution in [3.8, 4) is 5.88 Å². The average molecular weight is 179 g/mol. The van der Waals surface area contributed by atoms with E-state index in [4.69, 9.17) is 4.74 Å². The molecule has 0 spiro atoms. The zero-order chi connectivity index (χ0) is 9.15. The molecule has 4 nitrogen and oxygen atoms in total. The quantitative estimate of drug-likeness (QED) is 0.738. The van der Waals surface area contributed by atoms with Crippen molar-refractivity contribution in [2.24, 2.45) is 0 Å². The molecule has 13 heavy (non-hydrogen) atoms. The van der Waals surface area contributed by atoms with Crippen LogP contribution in [-0.4, -0.2) is 28.7 Å². The number of hydrogen-bond donors (Lipinski definition) is 1. The summed E-state index contributed by atoms with van der Waals surface area (Å²) in [5, 5.41) is 3.32. The largest absolute Gasteiger partial charge is 0.475 e. The summed E-state index contributed by atoms with van der Waals surface area (Å²) < 4.78 is 5.48. The third-order valence-electron chi connectivity index (χ3n) is 2.31. The molecule has 4 heteroatoms. The highest BCUT2D eigenvalue weighted by Gasteiger charge is 2.31. The second-order valence-electron chi connectivity index (χ2n) is 3.57. The van der Waals surface area contributed by atoms with Crippen molar-refractivity contribution in [1.29, 1.82) is 0 Å². The molecule has 1 N–H and O–H groups in total. The smallest absolute Gasteiger partial charge is 0.232 e. The Labute approximate surface area is 77.4 Å². The third-order valence-corrected chi connectivity index (χ3v) is 2.31. The van der Waals surface area contributed by atoms with Gasteiger partial charge in [0.25, 0.3) is 0 Å². The second-order valence-corrected chi connectivity index (χ2v) is 3.57. The number of aromatic nitrogens is 2. The van der Waals surface area contributed by atoms with E-state index in [2.05, 4.69) is 22.2 Å². The average Bonchev–Trinajstić information content (AvgIpc) is 2.13. The van der Waals surface area contributed by atoms with Gasteiger partial charge < -0.3 is 10.1 Å². The van der Waals surface area contributed by atoms with E-state index in [0.717, 1.165) is 13.0 Å². The van der Waals surface area contributed by atoms with Gasteiger partial charge in [0.1, 0.15) is 6.61 Å². The van der Waals surface area contributed by atoms with Crippen molar-refractivity contribution in [3.63, 3.8) is 0 Å². The molecular weight excluding hydrogens is 166 g/mol. The molecule has 1 fully saturated rings. The second kappa shape index (κ2) is 3.30. The first-order chi connectivity index (χ1) is 6.29. The number of rotatable bonds is 3. The molecule has 0 aromatic carbocycles. The van der Waals surface area contributed by atoms with Crippen LogP contribution in [0.5, 0.6) is 5.88 Å². The Bertz CT molecular complexity index is 271. The van der Waals surface area contributed by atoms with Gasteiger partial charge in [0.15, 0.2) is 0 Å². The van der Waals surface area contributed by atoms with Crippen molar-refractivity contribution in [3.05, 3.63) is 18.6 Å². The summed E-state index contributed by atoms with van der Waals surface area (Å²) in [6.45, 7) is 3.89. The molecule has 1 aromatic rings. The minimum Gasteiger partial charge on any atom is -0.475 e. The summed E-state index contributed by atoms with van der Waals surface area (Å²) in [4.78, 5) is 7.95. The number of hydrogen-bond acceptors (Lipinski definition) is 4. The highest BCUT2D eigenvalue weighted by Crippen LogP contribution is 2.18. The molecule has 0 unspecified atom stereocenters. The Morgan fingerprint density at radius 1 is 1.62 bits per heavy atom. The highest BCUT2D eigenvalue weighted by atomic mass is 16.5. The van der Waals surface area contributed by atoms with Crippen molar-refractivity contribution >= 4 is 0 Å². The van der Waals surface area contributed by atoms with Crippen LogP contribution in [0.4, 0.5) is 0 Å². The van der Waals surface area contributed by atoms with Gasteiger partial charge in [-0.05, 0) is 19.9 Å². The lowest BCUT2D eigenvalue weighted by Gasteiger charge is -2.39. The SMILES string of the molecule is C[C@@]1(COc2cnccn2)CCN1. The lowest BCUT2D eigenvalue weighted by molar-refractivity contribution is 0.128. The van der Waals surface area contributed by atoms with E-state index in [1.54, 1.807) is 18.6 Å². The van der Waals surface area contributed by atoms with E-state index in [9.17, 15) is 0 Å². The van der Waals surface area contributed by atoms with Crippen LogP contribution in [0.3, 0.4) is 0 Å². The molecule has 1 aliphatic rings. The number of nitrogens with zero attached hydrogens (tertiary/aromatic N) is 2. The topological polar surface area (TPSA) is 47.0 Å². The van der Waals surface area contributed by atoms with Gasteiger partial charge in [-0.3, -0.25) is 4.98 Å². The van der Waals surface area contributed by atoms with Crippen LogP contribution in [0.25, 0.3) is 0 Å². The highest BCUT2D eigenvalue weighted by molar-refractivity contribution is 5.03. The van der Waals surface area contributed by atoms with Gasteiger partial charge in [0, 0.05) is 12.4 Å². The Balaban J connectivity index is 1.86. The fraction of sp³-hybridized carbons (Fsp3) is 0.556. The zero-order valence-corrected chi connectivity index (χ0v) is 7.66. The molecule has 2 heterocycles. The normalized spacial score (nSPS) is 26.5. The molecule has 1 aliphatic heterocycles. The molecular formula is C9H13N3O. The van der Waals surface area contributed by atoms with Crippen LogP contribution < -0.4 is 10.1 Å². The number of ether oxygens (including phenoxy) is 1. The Morgan fingerprint density at radius 3 is 3.00 bits per heavy atom. The predicted molar refractivity (Wildman–Crippen MR) is 48.6 cm³/mol. The maximum absolute atomic E-state index is 5.48. The van der Waals surface area contributed by atoms with E-state index in [0.29, 0.717) is 12.5 Å². The maximum atomic E-state index is 5.48. The molecule has 1 aromatic heterocycles. The van der Waals surface area contributed by atoms with Crippen LogP contribution >= 0.6 is 0 Å². The van der Waals surface area contributed by atoms with E-state index in [-0.39, 0.29) is 5.54 Å². The van der Waals surface area contributed by atoms with Crippen LogP contribution in [0, 0.1) is 0 Å². The van der Waals surface area contributed by atoms with E-state index >= 15 is 0 Å². The summed E-state index contributed by atoms with van der Waals surface area (Å²) >= 11 is 0. The Hall–Kier alpha value is -1.16. The van der Waals surface area contributed by atoms with Crippen LogP contribution in [-0.2, 0) is 0 Å². The molecule has 0 aliphatic carbocycles. The molecule has 0 amide bonds. The zero-order valence-electron chi connectivity index (χ0n) is 7.66. The van der Waals surface area contributed by atoms with E-state index < -0.39 is 0 Å². The van der Waals surface area contributed by atoms with Gasteiger partial charge in [-0.1, -0.05) is 0 Å². The monoisotopic (exact) mass is 179 g/mol. The maximum Gasteiger partial charge on any atom is 0.232 e. The first kappa shape index (κ1) is 8.44. The van der Waals surface area contributed by atoms with Gasteiger partial charge in [-0.25, -0.2) is 4.98 Å². The summed E-state index contributed by atoms with van der Waals surface area (Å²) in [6, 6.07) is 0. The van der Waals surface area contributed by atoms with Gasteiger partial charge in [0.05, 0.1) is 11.7 Å². The Morgan fingerprint density at radius 2 is 2.46 bits per heavy atom. The molecule has 2 rings (SSSR count). The minimum atomic E-state index is 0.136. The van der Waals surface area contributed by atoms with Crippen LogP contribution in [0.15, 0.2) is 18.6 Å². The van der Waals surface area contributed by atoms with Crippen molar-refractivity contribution < 1.29 is 4.74 Å². The van der Waals surface area contributed by atoms with Crippen molar-refractivity contribution in [2.75, 3.05) is 13.2 Å². The standard InChI is InChI=1S/C9H13N3O/c1-9(2-3-12-9)7-13-8-6-10-4-5-11-8/h4-6,12H,2-3,7H2,1H3/t9-/m0/s1. The first-order valence-electron chi connectivity index (χ1n) is 4.42. The van der Waals surface area contributed by atoms with Gasteiger partial charge in [-0.2, -0.15) is 0 Å². The molecule has 1 saturated heterocycles. The first-order valence-corrected chi connectivity index (χ1v) is 4.42. The number of nitrogens with one attached hydrogen (secondary N) is 1. The molecule has 0 bridgehead atoms. The molecule has 0 saturated carbocycles. The summed E-state index contributed by atoms with van der Waals surface area (Å²) in [5.41, 5.74) is 0.136. The van der Waals surface area contributed by atoms with Gasteiger partial charge in [0.2, 0.25) is 5.88 Å². The van der Waals surface area contributed by atoms with Crippen molar-refractivity contribution in [2.45, 2.75) is 18.9 Å². The fourth-order valence-electron chi connectivity index (χ4n) is 1.27. The van der Waals surface area contributed by atoms with Gasteiger partial charge >= 0.3 is 0 Å². The minimum absolute atomic E-state index is 0.136. The third kappa shape index (κ3) is 1.95. The fourth-order valence-corrected chi connectivity index (χ4v) is 1.27. The molecule has 70 valence electrons. The molecule has 0 radical (unpaired) electrons. The van der Waals surface area contributed by atoms with Crippen LogP contribution in [0.2, 0.25) is 0 Å². The summed E-state index contributed by atoms with van der Waals surface area (Å²) in [7, 11) is 0. The van der Waals surface area contributed by atoms with Gasteiger partial charge in [-0.15, -0.1) is 0 Å². The van der Waals surface area contributed by atoms with Crippen molar-refractivity contribution in [1.82, 2.24) is 15.3 Å². The van der Waals surface area contributed by atoms with E-state index in [1.165, 1.54) is 0 Å². The lowest BCUT2D eigenvalue weighted by atomic mass is 9.91. The molecule has 1 atom stereocenters. The van der Waals surface area contributed by atoms with Crippen LogP contribution in [0.1, 0.15) is 13.3 Å². The Kier molecular flexibility index (Phi) is 2.14. The van der Waals surface area contributed by atoms with E-state index in [1.807, 2.05) is 0 Å². The summed E-state index contributed by atoms with van der Waals surface area (Å²) in [6.07, 6.45) is 6.05.